The van der Waals surface area contributed by atoms with Crippen molar-refractivity contribution in [1.29, 1.82) is 0 Å². The average molecular weight is 499 g/mol. The quantitative estimate of drug-likeness (QED) is 0.427. The molecule has 2 rings (SSSR count). The Labute approximate surface area is 203 Å². The van der Waals surface area contributed by atoms with Gasteiger partial charge in [-0.05, 0) is 51.4 Å². The molecule has 0 unspecified atom stereocenters. The molecule has 0 aromatic carbocycles. The van der Waals surface area contributed by atoms with Crippen LogP contribution in [-0.4, -0.2) is 61.5 Å². The number of primary amides is 1. The number of hydrogen-bond donors (Lipinski definition) is 2. The fraction of sp³-hybridized carbons (Fsp3) is 0.696. The monoisotopic (exact) mass is 498 g/mol. The third kappa shape index (κ3) is 7.58. The summed E-state index contributed by atoms with van der Waals surface area (Å²) >= 11 is 6.08. The summed E-state index contributed by atoms with van der Waals surface area (Å²) < 4.78 is 12.1. The number of nitrogens with one attached hydrogen (secondary N) is 1. The first-order valence-electron chi connectivity index (χ1n) is 11.3. The van der Waals surface area contributed by atoms with Crippen molar-refractivity contribution in [2.24, 2.45) is 11.7 Å². The second-order valence-corrected chi connectivity index (χ2v) is 16.4. The summed E-state index contributed by atoms with van der Waals surface area (Å²) in [6.45, 7) is 18.1. The molecule has 2 atom stereocenters. The number of halogens is 1. The molecule has 2 amide bonds. The Morgan fingerprint density at radius 2 is 1.91 bits per heavy atom. The number of nitrogens with two attached hydrogens (primary N) is 1. The van der Waals surface area contributed by atoms with Gasteiger partial charge in [-0.25, -0.2) is 9.78 Å². The highest BCUT2D eigenvalue weighted by Crippen LogP contribution is 2.37. The van der Waals surface area contributed by atoms with Crippen LogP contribution in [-0.2, 0) is 9.16 Å². The van der Waals surface area contributed by atoms with Crippen molar-refractivity contribution < 1.29 is 18.8 Å². The molecule has 1 aliphatic heterocycles. The lowest BCUT2D eigenvalue weighted by Gasteiger charge is -2.42. The number of likely N-dealkylation sites (tertiary alicyclic amines) is 1. The zero-order chi connectivity index (χ0) is 25.2. The van der Waals surface area contributed by atoms with Gasteiger partial charge >= 0.3 is 6.09 Å². The molecule has 2 heterocycles. The van der Waals surface area contributed by atoms with Gasteiger partial charge in [0.2, 0.25) is 0 Å². The molecule has 0 spiro atoms. The summed E-state index contributed by atoms with van der Waals surface area (Å²) in [5, 5.41) is 3.76. The van der Waals surface area contributed by atoms with Crippen LogP contribution in [0, 0.1) is 5.92 Å². The molecule has 33 heavy (non-hydrogen) atoms. The van der Waals surface area contributed by atoms with Crippen LogP contribution in [0.25, 0.3) is 0 Å². The van der Waals surface area contributed by atoms with Crippen LogP contribution in [0.5, 0.6) is 0 Å². The Morgan fingerprint density at radius 3 is 2.45 bits per heavy atom. The number of rotatable bonds is 6. The van der Waals surface area contributed by atoms with Crippen LogP contribution >= 0.6 is 11.6 Å². The number of ether oxygens (including phenoxy) is 1. The second-order valence-electron chi connectivity index (χ2n) is 11.2. The maximum atomic E-state index is 12.7. The van der Waals surface area contributed by atoms with Crippen molar-refractivity contribution in [3.8, 4) is 0 Å². The first-order chi connectivity index (χ1) is 15.0. The maximum absolute atomic E-state index is 12.7. The van der Waals surface area contributed by atoms with Gasteiger partial charge in [-0.15, -0.1) is 0 Å². The Kier molecular flexibility index (Phi) is 8.46. The van der Waals surface area contributed by atoms with E-state index in [2.05, 4.69) is 44.2 Å². The number of pyridine rings is 1. The minimum Gasteiger partial charge on any atom is -0.444 e. The number of nitrogens with zero attached hydrogens (tertiary/aromatic N) is 2. The lowest BCUT2D eigenvalue weighted by molar-refractivity contribution is 0.0121. The molecule has 0 saturated carbocycles. The minimum atomic E-state index is -2.00. The third-order valence-electron chi connectivity index (χ3n) is 6.33. The zero-order valence-electron chi connectivity index (χ0n) is 21.1. The van der Waals surface area contributed by atoms with Crippen LogP contribution < -0.4 is 11.1 Å². The van der Waals surface area contributed by atoms with Crippen LogP contribution in [0.4, 0.5) is 10.5 Å². The molecule has 1 aliphatic rings. The number of carbonyl (C=O) groups is 2. The average Bonchev–Trinajstić information content (AvgIpc) is 2.64. The van der Waals surface area contributed by atoms with Gasteiger partial charge in [0.25, 0.3) is 5.91 Å². The molecular formula is C23H39ClN4O4Si. The molecule has 1 aromatic heterocycles. The molecule has 186 valence electrons. The molecule has 8 nitrogen and oxygen atoms in total. The number of piperidine rings is 1. The highest BCUT2D eigenvalue weighted by molar-refractivity contribution is 6.74. The molecule has 0 bridgehead atoms. The second kappa shape index (κ2) is 10.2. The predicted molar refractivity (Wildman–Crippen MR) is 134 cm³/mol. The smallest absolute Gasteiger partial charge is 0.410 e. The highest BCUT2D eigenvalue weighted by Gasteiger charge is 2.40. The SMILES string of the molecule is CC(C)(C)OC(=O)N1CC[C@@H](Nc2cc(Cl)ncc2C(N)=O)[C@@H](CO[Si](C)(C)C(C)(C)C)C1. The molecular weight excluding hydrogens is 460 g/mol. The summed E-state index contributed by atoms with van der Waals surface area (Å²) in [5.74, 6) is -0.602. The van der Waals surface area contributed by atoms with Gasteiger partial charge in [0.1, 0.15) is 10.8 Å². The van der Waals surface area contributed by atoms with Crippen LogP contribution in [0.1, 0.15) is 58.3 Å². The fourth-order valence-electron chi connectivity index (χ4n) is 3.36. The fourth-order valence-corrected chi connectivity index (χ4v) is 4.58. The van der Waals surface area contributed by atoms with Gasteiger partial charge in [0, 0.05) is 37.9 Å². The van der Waals surface area contributed by atoms with E-state index in [1.165, 1.54) is 6.20 Å². The summed E-state index contributed by atoms with van der Waals surface area (Å²) in [7, 11) is -2.00. The molecule has 0 radical (unpaired) electrons. The van der Waals surface area contributed by atoms with E-state index < -0.39 is 19.8 Å². The van der Waals surface area contributed by atoms with Gasteiger partial charge in [-0.3, -0.25) is 4.79 Å². The van der Waals surface area contributed by atoms with E-state index in [4.69, 9.17) is 26.5 Å². The van der Waals surface area contributed by atoms with E-state index in [0.717, 1.165) is 0 Å². The van der Waals surface area contributed by atoms with E-state index in [9.17, 15) is 9.59 Å². The van der Waals surface area contributed by atoms with Crippen LogP contribution in [0.3, 0.4) is 0 Å². The summed E-state index contributed by atoms with van der Waals surface area (Å²) in [6.07, 6.45) is 1.70. The highest BCUT2D eigenvalue weighted by atomic mass is 35.5. The standard InChI is InChI=1S/C23H39ClN4O4Si/c1-22(2,3)32-21(30)28-10-9-17(15(13-28)14-31-33(7,8)23(4,5)6)27-18-11-19(24)26-12-16(18)20(25)29/h11-12,15,17H,9-10,13-14H2,1-8H3,(H2,25,29)(H,26,27)/t15-,17-/m1/s1. The van der Waals surface area contributed by atoms with Gasteiger partial charge in [0.15, 0.2) is 8.32 Å². The predicted octanol–water partition coefficient (Wildman–Crippen LogP) is 4.89. The zero-order valence-corrected chi connectivity index (χ0v) is 22.9. The minimum absolute atomic E-state index is 0.0203. The largest absolute Gasteiger partial charge is 0.444 e. The lowest BCUT2D eigenvalue weighted by Crippen LogP contribution is -2.53. The van der Waals surface area contributed by atoms with Crippen molar-refractivity contribution in [3.63, 3.8) is 0 Å². The molecule has 1 aromatic rings. The van der Waals surface area contributed by atoms with Crippen molar-refractivity contribution in [2.75, 3.05) is 25.0 Å². The third-order valence-corrected chi connectivity index (χ3v) is 11.0. The lowest BCUT2D eigenvalue weighted by atomic mass is 9.92. The molecule has 1 saturated heterocycles. The van der Waals surface area contributed by atoms with Crippen molar-refractivity contribution in [1.82, 2.24) is 9.88 Å². The number of carbonyl (C=O) groups excluding carboxylic acids is 2. The van der Waals surface area contributed by atoms with Gasteiger partial charge in [-0.2, -0.15) is 0 Å². The van der Waals surface area contributed by atoms with Crippen molar-refractivity contribution >= 4 is 37.6 Å². The van der Waals surface area contributed by atoms with Crippen molar-refractivity contribution in [3.05, 3.63) is 23.0 Å². The Bertz CT molecular complexity index is 867. The van der Waals surface area contributed by atoms with E-state index in [1.807, 2.05) is 20.8 Å². The van der Waals surface area contributed by atoms with E-state index in [1.54, 1.807) is 11.0 Å². The molecule has 1 fully saturated rings. The van der Waals surface area contributed by atoms with E-state index >= 15 is 0 Å². The van der Waals surface area contributed by atoms with Crippen molar-refractivity contribution in [2.45, 2.75) is 77.7 Å². The van der Waals surface area contributed by atoms with Crippen LogP contribution in [0.15, 0.2) is 12.3 Å². The van der Waals surface area contributed by atoms with E-state index in [0.29, 0.717) is 31.8 Å². The summed E-state index contributed by atoms with van der Waals surface area (Å²) in [4.78, 5) is 30.4. The van der Waals surface area contributed by atoms with Gasteiger partial charge in [0.05, 0.1) is 11.3 Å². The summed E-state index contributed by atoms with van der Waals surface area (Å²) in [6, 6.07) is 1.55. The van der Waals surface area contributed by atoms with Gasteiger partial charge < -0.3 is 25.1 Å². The number of hydrogen-bond acceptors (Lipinski definition) is 6. The summed E-state index contributed by atoms with van der Waals surface area (Å²) in [5.41, 5.74) is 5.79. The Balaban J connectivity index is 2.26. The Hall–Kier alpha value is -1.84. The topological polar surface area (TPSA) is 107 Å². The number of aromatic nitrogens is 1. The maximum Gasteiger partial charge on any atom is 0.410 e. The molecule has 10 heteroatoms. The molecule has 3 N–H and O–H groups in total. The van der Waals surface area contributed by atoms with Gasteiger partial charge in [-0.1, -0.05) is 32.4 Å². The van der Waals surface area contributed by atoms with E-state index in [-0.39, 0.29) is 33.8 Å². The first-order valence-corrected chi connectivity index (χ1v) is 14.6. The first kappa shape index (κ1) is 27.4. The number of anilines is 1. The number of amides is 2. The Morgan fingerprint density at radius 1 is 1.27 bits per heavy atom. The van der Waals surface area contributed by atoms with Crippen LogP contribution in [0.2, 0.25) is 23.3 Å². The molecule has 0 aliphatic carbocycles. The normalized spacial score (nSPS) is 19.8.